The average Bonchev–Trinajstić information content (AvgIpc) is 1.64. The topological polar surface area (TPSA) is 80.4 Å². The van der Waals surface area contributed by atoms with E-state index in [0.717, 1.165) is 6.92 Å². The lowest BCUT2D eigenvalue weighted by Gasteiger charge is -1.98. The third-order valence-electron chi connectivity index (χ3n) is 0.897. The van der Waals surface area contributed by atoms with Crippen molar-refractivity contribution < 1.29 is 14.8 Å². The molecule has 1 atom stereocenters. The average molecular weight is 133 g/mol. The van der Waals surface area contributed by atoms with Crippen LogP contribution in [0.1, 0.15) is 6.92 Å². The Balaban J connectivity index is 3.99. The van der Waals surface area contributed by atoms with Gasteiger partial charge in [0, 0.05) is 11.8 Å². The molecule has 0 bridgehead atoms. The lowest BCUT2D eigenvalue weighted by Crippen LogP contribution is -2.30. The molecule has 0 rings (SSSR count). The molecule has 1 unspecified atom stereocenters. The number of rotatable bonds is 3. The minimum atomic E-state index is -1.44. The van der Waals surface area contributed by atoms with Crippen LogP contribution < -0.4 is 0 Å². The van der Waals surface area contributed by atoms with Gasteiger partial charge in [-0.05, 0) is 0 Å². The normalized spacial score (nSPS) is 12.7. The molecular formula is C4H7NO4. The van der Waals surface area contributed by atoms with E-state index in [4.69, 9.17) is 5.11 Å². The molecule has 0 saturated heterocycles. The zero-order valence-corrected chi connectivity index (χ0v) is 4.90. The van der Waals surface area contributed by atoms with E-state index in [0.29, 0.717) is 0 Å². The van der Waals surface area contributed by atoms with Gasteiger partial charge in [-0.15, -0.1) is 0 Å². The Morgan fingerprint density at radius 3 is 2.33 bits per heavy atom. The van der Waals surface area contributed by atoms with Gasteiger partial charge in [0.25, 0.3) is 6.04 Å². The summed E-state index contributed by atoms with van der Waals surface area (Å²) in [6.45, 7) is 0.353. The highest BCUT2D eigenvalue weighted by Crippen LogP contribution is 1.88. The van der Waals surface area contributed by atoms with E-state index >= 15 is 0 Å². The maximum Gasteiger partial charge on any atom is 0.292 e. The van der Waals surface area contributed by atoms with E-state index in [1.165, 1.54) is 0 Å². The standard InChI is InChI=1S/C4H7NO4/c1-3(7)4(2-6)5(8)9/h4,6H,2H2,1H3. The summed E-state index contributed by atoms with van der Waals surface area (Å²) in [4.78, 5) is 19.2. The summed E-state index contributed by atoms with van der Waals surface area (Å²) in [5, 5.41) is 18.0. The Hall–Kier alpha value is -0.970. The molecule has 9 heavy (non-hydrogen) atoms. The van der Waals surface area contributed by atoms with Gasteiger partial charge in [-0.1, -0.05) is 0 Å². The van der Waals surface area contributed by atoms with Crippen molar-refractivity contribution in [2.75, 3.05) is 6.61 Å². The number of hydrogen-bond donors (Lipinski definition) is 1. The van der Waals surface area contributed by atoms with Gasteiger partial charge in [-0.3, -0.25) is 14.9 Å². The number of carbonyl (C=O) groups excluding carboxylic acids is 1. The summed E-state index contributed by atoms with van der Waals surface area (Å²) in [6, 6.07) is -1.44. The van der Waals surface area contributed by atoms with Gasteiger partial charge in [0.2, 0.25) is 5.78 Å². The number of nitro groups is 1. The van der Waals surface area contributed by atoms with Crippen LogP contribution >= 0.6 is 0 Å². The summed E-state index contributed by atoms with van der Waals surface area (Å²) >= 11 is 0. The van der Waals surface area contributed by atoms with Gasteiger partial charge in [0.15, 0.2) is 0 Å². The molecule has 5 heteroatoms. The van der Waals surface area contributed by atoms with E-state index < -0.39 is 23.4 Å². The first-order valence-electron chi connectivity index (χ1n) is 2.34. The molecule has 0 spiro atoms. The highest BCUT2D eigenvalue weighted by atomic mass is 16.6. The third-order valence-corrected chi connectivity index (χ3v) is 0.897. The molecule has 5 nitrogen and oxygen atoms in total. The molecule has 0 aromatic rings. The monoisotopic (exact) mass is 133 g/mol. The molecule has 52 valence electrons. The van der Waals surface area contributed by atoms with Gasteiger partial charge < -0.3 is 5.11 Å². The van der Waals surface area contributed by atoms with Gasteiger partial charge in [0.05, 0.1) is 0 Å². The Morgan fingerprint density at radius 1 is 1.89 bits per heavy atom. The van der Waals surface area contributed by atoms with Gasteiger partial charge in [0.1, 0.15) is 6.61 Å². The van der Waals surface area contributed by atoms with Crippen LogP contribution in [0.4, 0.5) is 0 Å². The summed E-state index contributed by atoms with van der Waals surface area (Å²) in [6.07, 6.45) is 0. The van der Waals surface area contributed by atoms with Crippen LogP contribution in [-0.2, 0) is 4.79 Å². The minimum Gasteiger partial charge on any atom is -0.389 e. The molecule has 0 amide bonds. The van der Waals surface area contributed by atoms with Crippen LogP contribution in [0.15, 0.2) is 0 Å². The Bertz CT molecular complexity index is 119. The predicted octanol–water partition coefficient (Wildman–Crippen LogP) is -0.787. The molecule has 0 aliphatic rings. The number of hydrogen-bond acceptors (Lipinski definition) is 4. The van der Waals surface area contributed by atoms with E-state index in [1.54, 1.807) is 0 Å². The second kappa shape index (κ2) is 3.13. The van der Waals surface area contributed by atoms with Crippen LogP contribution in [-0.4, -0.2) is 28.5 Å². The maximum atomic E-state index is 10.2. The van der Waals surface area contributed by atoms with Crippen molar-refractivity contribution in [3.05, 3.63) is 10.1 Å². The molecule has 1 N–H and O–H groups in total. The molecule has 0 fully saturated rings. The summed E-state index contributed by atoms with van der Waals surface area (Å²) in [5.41, 5.74) is 0. The highest BCUT2D eigenvalue weighted by molar-refractivity contribution is 5.80. The Kier molecular flexibility index (Phi) is 2.80. The van der Waals surface area contributed by atoms with Crippen molar-refractivity contribution >= 4 is 5.78 Å². The molecule has 0 aromatic heterocycles. The SMILES string of the molecule is CC(=O)C(CO)[N+](=O)[O-]. The van der Waals surface area contributed by atoms with Crippen LogP contribution in [0.3, 0.4) is 0 Å². The number of nitrogens with zero attached hydrogens (tertiary/aromatic N) is 1. The summed E-state index contributed by atoms with van der Waals surface area (Å²) in [7, 11) is 0. The highest BCUT2D eigenvalue weighted by Gasteiger charge is 2.23. The lowest BCUT2D eigenvalue weighted by atomic mass is 10.2. The van der Waals surface area contributed by atoms with Crippen molar-refractivity contribution in [2.45, 2.75) is 13.0 Å². The number of aliphatic hydroxyl groups is 1. The molecule has 0 radical (unpaired) electrons. The fourth-order valence-electron chi connectivity index (χ4n) is 0.344. The first-order valence-corrected chi connectivity index (χ1v) is 2.34. The van der Waals surface area contributed by atoms with E-state index in [9.17, 15) is 14.9 Å². The largest absolute Gasteiger partial charge is 0.389 e. The van der Waals surface area contributed by atoms with Gasteiger partial charge in [-0.2, -0.15) is 0 Å². The summed E-state index contributed by atoms with van der Waals surface area (Å²) < 4.78 is 0. The molecule has 0 aromatic carbocycles. The van der Waals surface area contributed by atoms with E-state index in [2.05, 4.69) is 0 Å². The zero-order valence-electron chi connectivity index (χ0n) is 4.90. The second-order valence-corrected chi connectivity index (χ2v) is 1.59. The van der Waals surface area contributed by atoms with Gasteiger partial charge >= 0.3 is 0 Å². The summed E-state index contributed by atoms with van der Waals surface area (Å²) in [5.74, 6) is -0.623. The lowest BCUT2D eigenvalue weighted by molar-refractivity contribution is -0.510. The van der Waals surface area contributed by atoms with Crippen LogP contribution in [0.5, 0.6) is 0 Å². The second-order valence-electron chi connectivity index (χ2n) is 1.59. The molecule has 0 saturated carbocycles. The maximum absolute atomic E-state index is 10.2. The smallest absolute Gasteiger partial charge is 0.292 e. The van der Waals surface area contributed by atoms with Crippen molar-refractivity contribution in [2.24, 2.45) is 0 Å². The van der Waals surface area contributed by atoms with Crippen LogP contribution in [0.2, 0.25) is 0 Å². The molecule has 0 aliphatic carbocycles. The fraction of sp³-hybridized carbons (Fsp3) is 0.750. The first kappa shape index (κ1) is 8.03. The van der Waals surface area contributed by atoms with E-state index in [1.807, 2.05) is 0 Å². The minimum absolute atomic E-state index is 0.623. The Morgan fingerprint density at radius 2 is 2.33 bits per heavy atom. The van der Waals surface area contributed by atoms with Gasteiger partial charge in [-0.25, -0.2) is 0 Å². The fourth-order valence-corrected chi connectivity index (χ4v) is 0.344. The van der Waals surface area contributed by atoms with Crippen molar-refractivity contribution in [1.82, 2.24) is 0 Å². The first-order chi connectivity index (χ1) is 4.09. The zero-order chi connectivity index (χ0) is 7.44. The predicted molar refractivity (Wildman–Crippen MR) is 28.5 cm³/mol. The van der Waals surface area contributed by atoms with Crippen LogP contribution in [0.25, 0.3) is 0 Å². The Labute approximate surface area is 51.4 Å². The molecular weight excluding hydrogens is 126 g/mol. The number of Topliss-reactive ketones (excluding diaryl/α,β-unsaturated/α-hetero) is 1. The van der Waals surface area contributed by atoms with Crippen molar-refractivity contribution in [1.29, 1.82) is 0 Å². The molecule has 0 aliphatic heterocycles. The number of carbonyl (C=O) groups is 1. The van der Waals surface area contributed by atoms with Crippen molar-refractivity contribution in [3.8, 4) is 0 Å². The van der Waals surface area contributed by atoms with E-state index in [-0.39, 0.29) is 0 Å². The molecule has 0 heterocycles. The van der Waals surface area contributed by atoms with Crippen LogP contribution in [0, 0.1) is 10.1 Å². The number of aliphatic hydroxyl groups excluding tert-OH is 1. The van der Waals surface area contributed by atoms with Crippen molar-refractivity contribution in [3.63, 3.8) is 0 Å². The third kappa shape index (κ3) is 2.18. The number of ketones is 1. The quantitative estimate of drug-likeness (QED) is 0.404.